The topological polar surface area (TPSA) is 17.1 Å². The lowest BCUT2D eigenvalue weighted by molar-refractivity contribution is 0.0994. The first kappa shape index (κ1) is 13.9. The summed E-state index contributed by atoms with van der Waals surface area (Å²) >= 11 is 1.69. The Bertz CT molecular complexity index is 531. The van der Waals surface area contributed by atoms with Crippen LogP contribution in [0.3, 0.4) is 0 Å². The molecular formula is C17H18OS. The monoisotopic (exact) mass is 270 g/mol. The maximum absolute atomic E-state index is 12.3. The molecule has 0 saturated carbocycles. The quantitative estimate of drug-likeness (QED) is 0.744. The van der Waals surface area contributed by atoms with Crippen molar-refractivity contribution in [2.75, 3.05) is 0 Å². The summed E-state index contributed by atoms with van der Waals surface area (Å²) in [6.07, 6.45) is 0. The highest BCUT2D eigenvalue weighted by Crippen LogP contribution is 2.21. The Kier molecular flexibility index (Phi) is 4.80. The van der Waals surface area contributed by atoms with E-state index in [0.717, 1.165) is 11.3 Å². The number of carbonyl (C=O) groups is 1. The largest absolute Gasteiger partial charge is 0.293 e. The maximum atomic E-state index is 12.3. The minimum atomic E-state index is -0.0112. The van der Waals surface area contributed by atoms with E-state index < -0.39 is 0 Å². The maximum Gasteiger partial charge on any atom is 0.175 e. The molecule has 0 spiro atoms. The van der Waals surface area contributed by atoms with Crippen LogP contribution in [0.15, 0.2) is 54.6 Å². The van der Waals surface area contributed by atoms with Gasteiger partial charge >= 0.3 is 0 Å². The smallest absolute Gasteiger partial charge is 0.175 e. The molecular weight excluding hydrogens is 252 g/mol. The Balaban J connectivity index is 1.94. The number of aryl methyl sites for hydroxylation is 1. The molecule has 0 aromatic heterocycles. The molecule has 1 nitrogen and oxygen atoms in total. The van der Waals surface area contributed by atoms with Gasteiger partial charge in [0, 0.05) is 11.3 Å². The van der Waals surface area contributed by atoms with Crippen LogP contribution in [0.4, 0.5) is 0 Å². The van der Waals surface area contributed by atoms with Crippen molar-refractivity contribution in [3.8, 4) is 0 Å². The molecule has 0 aliphatic rings. The first-order valence-electron chi connectivity index (χ1n) is 6.43. The van der Waals surface area contributed by atoms with Gasteiger partial charge < -0.3 is 0 Å². The summed E-state index contributed by atoms with van der Waals surface area (Å²) in [4.78, 5) is 12.3. The fourth-order valence-electron chi connectivity index (χ4n) is 1.82. The SMILES string of the molecule is Cc1ccc(C(=O)C(C)SCc2ccccc2)cc1. The molecule has 0 fully saturated rings. The fraction of sp³-hybridized carbons (Fsp3) is 0.235. The van der Waals surface area contributed by atoms with Crippen LogP contribution in [-0.2, 0) is 5.75 Å². The first-order chi connectivity index (χ1) is 9.16. The molecule has 2 rings (SSSR count). The van der Waals surface area contributed by atoms with E-state index in [1.165, 1.54) is 11.1 Å². The van der Waals surface area contributed by atoms with E-state index in [0.29, 0.717) is 0 Å². The minimum absolute atomic E-state index is 0.0112. The number of rotatable bonds is 5. The zero-order chi connectivity index (χ0) is 13.7. The summed E-state index contributed by atoms with van der Waals surface area (Å²) in [5.41, 5.74) is 3.25. The van der Waals surface area contributed by atoms with Crippen molar-refractivity contribution in [2.45, 2.75) is 24.9 Å². The third kappa shape index (κ3) is 3.97. The van der Waals surface area contributed by atoms with E-state index in [2.05, 4.69) is 12.1 Å². The number of carbonyl (C=O) groups excluding carboxylic acids is 1. The van der Waals surface area contributed by atoms with Crippen LogP contribution in [0.25, 0.3) is 0 Å². The van der Waals surface area contributed by atoms with Gasteiger partial charge in [0.25, 0.3) is 0 Å². The average Bonchev–Trinajstić information content (AvgIpc) is 2.46. The standard InChI is InChI=1S/C17H18OS/c1-13-8-10-16(11-9-13)17(18)14(2)19-12-15-6-4-3-5-7-15/h3-11,14H,12H2,1-2H3. The van der Waals surface area contributed by atoms with Gasteiger partial charge in [-0.1, -0.05) is 60.2 Å². The number of thioether (sulfide) groups is 1. The second-order valence-electron chi connectivity index (χ2n) is 4.67. The van der Waals surface area contributed by atoms with Crippen LogP contribution >= 0.6 is 11.8 Å². The number of Topliss-reactive ketones (excluding diaryl/α,β-unsaturated/α-hetero) is 1. The van der Waals surface area contributed by atoms with Gasteiger partial charge in [-0.2, -0.15) is 0 Å². The molecule has 2 aromatic rings. The van der Waals surface area contributed by atoms with Crippen LogP contribution in [0, 0.1) is 6.92 Å². The number of benzene rings is 2. The molecule has 0 radical (unpaired) electrons. The normalized spacial score (nSPS) is 12.1. The van der Waals surface area contributed by atoms with E-state index >= 15 is 0 Å². The molecule has 0 aliphatic carbocycles. The average molecular weight is 270 g/mol. The third-order valence-corrected chi connectivity index (χ3v) is 4.26. The van der Waals surface area contributed by atoms with E-state index in [-0.39, 0.29) is 11.0 Å². The van der Waals surface area contributed by atoms with Gasteiger partial charge in [0.05, 0.1) is 5.25 Å². The van der Waals surface area contributed by atoms with Crippen molar-refractivity contribution in [1.82, 2.24) is 0 Å². The van der Waals surface area contributed by atoms with Crippen LogP contribution in [0.1, 0.15) is 28.4 Å². The highest BCUT2D eigenvalue weighted by Gasteiger charge is 2.15. The summed E-state index contributed by atoms with van der Waals surface area (Å²) in [6, 6.07) is 18.1. The number of hydrogen-bond donors (Lipinski definition) is 0. The van der Waals surface area contributed by atoms with Gasteiger partial charge in [0.1, 0.15) is 0 Å². The van der Waals surface area contributed by atoms with Gasteiger partial charge in [0.2, 0.25) is 0 Å². The van der Waals surface area contributed by atoms with E-state index in [9.17, 15) is 4.79 Å². The van der Waals surface area contributed by atoms with Crippen molar-refractivity contribution in [3.05, 3.63) is 71.3 Å². The van der Waals surface area contributed by atoms with Gasteiger partial charge in [-0.15, -0.1) is 11.8 Å². The lowest BCUT2D eigenvalue weighted by Crippen LogP contribution is -2.13. The Morgan fingerprint density at radius 3 is 2.32 bits per heavy atom. The van der Waals surface area contributed by atoms with Crippen molar-refractivity contribution in [1.29, 1.82) is 0 Å². The Labute approximate surface area is 119 Å². The lowest BCUT2D eigenvalue weighted by atomic mass is 10.1. The van der Waals surface area contributed by atoms with Crippen molar-refractivity contribution >= 4 is 17.5 Å². The van der Waals surface area contributed by atoms with Gasteiger partial charge in [-0.3, -0.25) is 4.79 Å². The second kappa shape index (κ2) is 6.58. The summed E-state index contributed by atoms with van der Waals surface area (Å²) in [6.45, 7) is 4.01. The predicted molar refractivity (Wildman–Crippen MR) is 82.7 cm³/mol. The van der Waals surface area contributed by atoms with Crippen LogP contribution in [0.5, 0.6) is 0 Å². The number of ketones is 1. The molecule has 1 atom stereocenters. The van der Waals surface area contributed by atoms with E-state index in [1.54, 1.807) is 11.8 Å². The summed E-state index contributed by atoms with van der Waals surface area (Å²) < 4.78 is 0. The minimum Gasteiger partial charge on any atom is -0.293 e. The lowest BCUT2D eigenvalue weighted by Gasteiger charge is -2.10. The van der Waals surface area contributed by atoms with Crippen molar-refractivity contribution in [3.63, 3.8) is 0 Å². The summed E-state index contributed by atoms with van der Waals surface area (Å²) in [5.74, 6) is 1.08. The zero-order valence-corrected chi connectivity index (χ0v) is 12.1. The fourth-order valence-corrected chi connectivity index (χ4v) is 2.75. The highest BCUT2D eigenvalue weighted by atomic mass is 32.2. The van der Waals surface area contributed by atoms with Crippen molar-refractivity contribution < 1.29 is 4.79 Å². The van der Waals surface area contributed by atoms with E-state index in [1.807, 2.05) is 56.3 Å². The Morgan fingerprint density at radius 1 is 1.05 bits per heavy atom. The van der Waals surface area contributed by atoms with Gasteiger partial charge in [0.15, 0.2) is 5.78 Å². The first-order valence-corrected chi connectivity index (χ1v) is 7.48. The molecule has 0 N–H and O–H groups in total. The second-order valence-corrected chi connectivity index (χ2v) is 6.00. The molecule has 19 heavy (non-hydrogen) atoms. The molecule has 0 saturated heterocycles. The molecule has 2 aromatic carbocycles. The molecule has 0 amide bonds. The van der Waals surface area contributed by atoms with Crippen molar-refractivity contribution in [2.24, 2.45) is 0 Å². The molecule has 98 valence electrons. The molecule has 0 heterocycles. The van der Waals surface area contributed by atoms with Crippen LogP contribution in [-0.4, -0.2) is 11.0 Å². The van der Waals surface area contributed by atoms with E-state index in [4.69, 9.17) is 0 Å². The molecule has 0 bridgehead atoms. The van der Waals surface area contributed by atoms with Gasteiger partial charge in [-0.25, -0.2) is 0 Å². The summed E-state index contributed by atoms with van der Waals surface area (Å²) in [5, 5.41) is -0.0112. The van der Waals surface area contributed by atoms with Crippen LogP contribution < -0.4 is 0 Å². The summed E-state index contributed by atoms with van der Waals surface area (Å²) in [7, 11) is 0. The predicted octanol–water partition coefficient (Wildman–Crippen LogP) is 4.50. The molecule has 0 aliphatic heterocycles. The molecule has 2 heteroatoms. The van der Waals surface area contributed by atoms with Gasteiger partial charge in [-0.05, 0) is 19.4 Å². The highest BCUT2D eigenvalue weighted by molar-refractivity contribution is 7.99. The third-order valence-electron chi connectivity index (χ3n) is 3.05. The van der Waals surface area contributed by atoms with Crippen LogP contribution in [0.2, 0.25) is 0 Å². The number of hydrogen-bond acceptors (Lipinski definition) is 2. The Hall–Kier alpha value is -1.54. The Morgan fingerprint density at radius 2 is 1.68 bits per heavy atom. The molecule has 1 unspecified atom stereocenters. The zero-order valence-electron chi connectivity index (χ0n) is 11.3.